The normalized spacial score (nSPS) is 11.1. The van der Waals surface area contributed by atoms with Gasteiger partial charge in [0.1, 0.15) is 0 Å². The van der Waals surface area contributed by atoms with Gasteiger partial charge in [0.2, 0.25) is 0 Å². The molecule has 0 N–H and O–H groups in total. The molecule has 0 aromatic carbocycles. The van der Waals surface area contributed by atoms with Crippen molar-refractivity contribution < 1.29 is 0 Å². The first-order valence-electron chi connectivity index (χ1n) is 2.80. The van der Waals surface area contributed by atoms with E-state index in [0.29, 0.717) is 0 Å². The van der Waals surface area contributed by atoms with Crippen molar-refractivity contribution in [3.63, 3.8) is 0 Å². The van der Waals surface area contributed by atoms with Gasteiger partial charge in [-0.25, -0.2) is 0 Å². The third-order valence-electron chi connectivity index (χ3n) is 1.26. The summed E-state index contributed by atoms with van der Waals surface area (Å²) in [4.78, 5) is 0. The van der Waals surface area contributed by atoms with Gasteiger partial charge in [0, 0.05) is 0 Å². The summed E-state index contributed by atoms with van der Waals surface area (Å²) in [6.45, 7) is 0. The van der Waals surface area contributed by atoms with Crippen LogP contribution in [0.25, 0.3) is 9.40 Å². The molecule has 0 spiro atoms. The van der Waals surface area contributed by atoms with Crippen LogP contribution in [0.4, 0.5) is 0 Å². The predicted molar refractivity (Wildman–Crippen MR) is 49.3 cm³/mol. The van der Waals surface area contributed by atoms with Gasteiger partial charge < -0.3 is 0 Å². The summed E-state index contributed by atoms with van der Waals surface area (Å²) in [6.07, 6.45) is 0. The van der Waals surface area contributed by atoms with Crippen molar-refractivity contribution in [1.82, 2.24) is 0 Å². The number of thiophene rings is 2. The van der Waals surface area contributed by atoms with E-state index >= 15 is 0 Å². The zero-order valence-electron chi connectivity index (χ0n) is 5.05. The molecule has 0 aliphatic carbocycles. The molecule has 0 saturated carbocycles. The summed E-state index contributed by atoms with van der Waals surface area (Å²) in [7, 11) is 0. The maximum atomic E-state index is 2.33. The Hall–Kier alpha value is 0.459. The summed E-state index contributed by atoms with van der Waals surface area (Å²) in [5.74, 6) is 0. The van der Waals surface area contributed by atoms with E-state index in [0.717, 1.165) is 22.5 Å². The molecule has 0 aliphatic rings. The monoisotopic (exact) mass is 262 g/mol. The molecule has 0 unspecified atom stereocenters. The Morgan fingerprint density at radius 3 is 3.00 bits per heavy atom. The molecule has 2 rings (SSSR count). The van der Waals surface area contributed by atoms with Crippen LogP contribution in [0.3, 0.4) is 0 Å². The van der Waals surface area contributed by atoms with E-state index in [-0.39, 0.29) is 0 Å². The van der Waals surface area contributed by atoms with E-state index in [1.54, 1.807) is 2.89 Å². The second-order valence-corrected chi connectivity index (χ2v) is 9.39. The molecule has 9 heavy (non-hydrogen) atoms. The Morgan fingerprint density at radius 1 is 1.33 bits per heavy atom. The molecule has 0 amide bonds. The van der Waals surface area contributed by atoms with Crippen molar-refractivity contribution >= 4 is 57.5 Å². The molecule has 2 aromatic rings. The first-order valence-corrected chi connectivity index (χ1v) is 7.35. The fourth-order valence-corrected chi connectivity index (χ4v) is 6.22. The molecular formula is C6H6S2Sn. The second-order valence-electron chi connectivity index (χ2n) is 2.01. The Bertz CT molecular complexity index is 292. The molecule has 3 heteroatoms. The van der Waals surface area contributed by atoms with E-state index in [2.05, 4.69) is 17.5 Å². The van der Waals surface area contributed by atoms with Gasteiger partial charge in [-0.3, -0.25) is 0 Å². The van der Waals surface area contributed by atoms with Crippen molar-refractivity contribution in [3.05, 3.63) is 17.5 Å². The van der Waals surface area contributed by atoms with Crippen LogP contribution in [0.15, 0.2) is 17.5 Å². The van der Waals surface area contributed by atoms with Crippen LogP contribution in [0.1, 0.15) is 0 Å². The van der Waals surface area contributed by atoms with Gasteiger partial charge in [-0.2, -0.15) is 0 Å². The molecule has 0 atom stereocenters. The third-order valence-corrected chi connectivity index (χ3v) is 5.84. The van der Waals surface area contributed by atoms with Crippen molar-refractivity contribution in [1.29, 1.82) is 0 Å². The Kier molecular flexibility index (Phi) is 1.55. The van der Waals surface area contributed by atoms with Gasteiger partial charge in [0.25, 0.3) is 0 Å². The van der Waals surface area contributed by atoms with Crippen LogP contribution in [0, 0.1) is 0 Å². The zero-order valence-corrected chi connectivity index (χ0v) is 12.4. The minimum absolute atomic E-state index is 0.718. The zero-order chi connectivity index (χ0) is 6.27. The Morgan fingerprint density at radius 2 is 2.22 bits per heavy atom. The summed E-state index contributed by atoms with van der Waals surface area (Å²) >= 11 is 4.53. The Balaban J connectivity index is 2.92. The van der Waals surface area contributed by atoms with Crippen molar-refractivity contribution in [3.8, 4) is 0 Å². The molecular weight excluding hydrogens is 255 g/mol. The summed E-state index contributed by atoms with van der Waals surface area (Å²) < 4.78 is 4.59. The van der Waals surface area contributed by atoms with Crippen molar-refractivity contribution in [2.75, 3.05) is 0 Å². The summed E-state index contributed by atoms with van der Waals surface area (Å²) in [5.41, 5.74) is 0. The average Bonchev–Trinajstić information content (AvgIpc) is 2.22. The van der Waals surface area contributed by atoms with Crippen LogP contribution < -0.4 is 2.89 Å². The molecule has 2 aromatic heterocycles. The van der Waals surface area contributed by atoms with Gasteiger partial charge in [0.15, 0.2) is 0 Å². The van der Waals surface area contributed by atoms with Gasteiger partial charge in [0.05, 0.1) is 0 Å². The molecule has 0 fully saturated rings. The summed E-state index contributed by atoms with van der Waals surface area (Å²) in [5, 5.41) is 2.16. The van der Waals surface area contributed by atoms with Crippen molar-refractivity contribution in [2.45, 2.75) is 0 Å². The molecule has 0 radical (unpaired) electrons. The predicted octanol–water partition coefficient (Wildman–Crippen LogP) is 0.953. The molecule has 46 valence electrons. The van der Waals surface area contributed by atoms with Gasteiger partial charge in [-0.15, -0.1) is 0 Å². The topological polar surface area (TPSA) is 0 Å². The van der Waals surface area contributed by atoms with Crippen LogP contribution in [-0.2, 0) is 0 Å². The van der Waals surface area contributed by atoms with Crippen molar-refractivity contribution in [2.24, 2.45) is 0 Å². The van der Waals surface area contributed by atoms with Gasteiger partial charge in [-0.1, -0.05) is 0 Å². The SMILES string of the molecule is [SnH3][c]1cc2sccc2s1. The van der Waals surface area contributed by atoms with E-state index in [1.165, 1.54) is 9.40 Å². The number of hydrogen-bond donors (Lipinski definition) is 0. The van der Waals surface area contributed by atoms with Gasteiger partial charge >= 0.3 is 75.0 Å². The third kappa shape index (κ3) is 1.04. The second kappa shape index (κ2) is 2.25. The standard InChI is InChI=1S/C6H3S2.Sn.3H/c1-3-7-6-2-4-8-5(1)6;;;;/h1-3H;;;;. The quantitative estimate of drug-likeness (QED) is 0.619. The minimum atomic E-state index is 0.718. The fraction of sp³-hybridized carbons (Fsp3) is 0. The number of rotatable bonds is 0. The number of fused-ring (bicyclic) bond motifs is 1. The molecule has 0 saturated heterocycles. The van der Waals surface area contributed by atoms with E-state index < -0.39 is 0 Å². The van der Waals surface area contributed by atoms with Crippen LogP contribution in [-0.4, -0.2) is 22.5 Å². The molecule has 2 heterocycles. The first kappa shape index (κ1) is 6.19. The molecule has 0 bridgehead atoms. The summed E-state index contributed by atoms with van der Waals surface area (Å²) in [6, 6.07) is 4.55. The maximum absolute atomic E-state index is 2.33. The number of hydrogen-bond acceptors (Lipinski definition) is 2. The Labute approximate surface area is 74.6 Å². The fourth-order valence-electron chi connectivity index (χ4n) is 0.886. The molecule has 0 nitrogen and oxygen atoms in total. The van der Waals surface area contributed by atoms with Gasteiger partial charge in [-0.05, 0) is 0 Å². The van der Waals surface area contributed by atoms with Crippen LogP contribution in [0.5, 0.6) is 0 Å². The van der Waals surface area contributed by atoms with E-state index in [9.17, 15) is 0 Å². The molecule has 0 aliphatic heterocycles. The van der Waals surface area contributed by atoms with E-state index in [1.807, 2.05) is 22.7 Å². The van der Waals surface area contributed by atoms with Crippen LogP contribution in [0.2, 0.25) is 0 Å². The average molecular weight is 261 g/mol. The van der Waals surface area contributed by atoms with E-state index in [4.69, 9.17) is 0 Å². The van der Waals surface area contributed by atoms with Crippen LogP contribution >= 0.6 is 22.7 Å². The first-order chi connectivity index (χ1) is 4.36.